The number of hydrogen-bond acceptors (Lipinski definition) is 9. The van der Waals surface area contributed by atoms with Crippen LogP contribution in [0.15, 0.2) is 0 Å². The first-order valence-corrected chi connectivity index (χ1v) is 17.9. The zero-order chi connectivity index (χ0) is 32.3. The maximum absolute atomic E-state index is 12.8. The van der Waals surface area contributed by atoms with Crippen LogP contribution < -0.4 is 0 Å². The Morgan fingerprint density at radius 3 is 2.24 bits per heavy atom. The predicted octanol–water partition coefficient (Wildman–Crippen LogP) is 3.78. The summed E-state index contributed by atoms with van der Waals surface area (Å²) in [4.78, 5) is 0. The summed E-state index contributed by atoms with van der Waals surface area (Å²) in [7, 11) is 1.74. The lowest BCUT2D eigenvalue weighted by Crippen LogP contribution is -2.61. The fourth-order valence-corrected chi connectivity index (χ4v) is 14.1. The summed E-state index contributed by atoms with van der Waals surface area (Å²) in [5, 5.41) is 43.6. The lowest BCUT2D eigenvalue weighted by molar-refractivity contribution is -0.303. The molecule has 8 fully saturated rings. The molecule has 0 unspecified atom stereocenters. The van der Waals surface area contributed by atoms with Crippen LogP contribution in [-0.4, -0.2) is 94.5 Å². The van der Waals surface area contributed by atoms with Gasteiger partial charge in [-0.15, -0.1) is 0 Å². The normalized spacial score (nSPS) is 61.1. The molecule has 9 heteroatoms. The van der Waals surface area contributed by atoms with Gasteiger partial charge in [-0.3, -0.25) is 0 Å². The van der Waals surface area contributed by atoms with E-state index in [1.54, 1.807) is 7.11 Å². The van der Waals surface area contributed by atoms with Crippen molar-refractivity contribution < 1.29 is 44.1 Å². The van der Waals surface area contributed by atoms with Gasteiger partial charge < -0.3 is 44.1 Å². The molecule has 0 aromatic heterocycles. The standard InChI is InChI=1S/C36H58O9/c1-18-15-20-27(31(4,5)41-8)45-36(44-20)26(18)32(6)13-14-35-17-34(35)12-11-23(43-28-25(39)24(38)19(37)16-42-28)30(2,3)21(34)9-10-22(35)33(32,7)29(36)40/h18-29,37-40H,9-17H2,1-8H3/t18-,19+,20-,21+,22+,23+,24+,25-,26-,27+,28+,29-,32-,33-,34-,35+,36+/m1/s1. The van der Waals surface area contributed by atoms with E-state index in [1.807, 2.05) is 0 Å². The minimum absolute atomic E-state index is 0.0487. The smallest absolute Gasteiger partial charge is 0.199 e. The van der Waals surface area contributed by atoms with Crippen molar-refractivity contribution >= 4 is 0 Å². The van der Waals surface area contributed by atoms with Crippen LogP contribution in [-0.2, 0) is 23.7 Å². The van der Waals surface area contributed by atoms with Gasteiger partial charge >= 0.3 is 0 Å². The van der Waals surface area contributed by atoms with Gasteiger partial charge in [0.2, 0.25) is 0 Å². The number of hydrogen-bond donors (Lipinski definition) is 4. The van der Waals surface area contributed by atoms with Crippen LogP contribution in [0.25, 0.3) is 0 Å². The maximum Gasteiger partial charge on any atom is 0.199 e. The molecule has 17 atom stereocenters. The molecule has 5 aliphatic carbocycles. The molecule has 8 rings (SSSR count). The number of rotatable bonds is 4. The van der Waals surface area contributed by atoms with E-state index in [1.165, 1.54) is 12.8 Å². The molecule has 3 heterocycles. The third-order valence-electron chi connectivity index (χ3n) is 16.4. The molecule has 45 heavy (non-hydrogen) atoms. The van der Waals surface area contributed by atoms with Gasteiger partial charge in [0.1, 0.15) is 30.5 Å². The van der Waals surface area contributed by atoms with E-state index in [9.17, 15) is 20.4 Å². The molecule has 0 radical (unpaired) electrons. The van der Waals surface area contributed by atoms with Gasteiger partial charge in [-0.2, -0.15) is 0 Å². The second kappa shape index (κ2) is 9.45. The van der Waals surface area contributed by atoms with E-state index < -0.39 is 42.1 Å². The SMILES string of the molecule is COC(C)(C)[C@H]1O[C@@]23O[C@@H]1C[C@@H](C)[C@@H]2[C@@]1(C)CC[C@@]24C[C@@]25CC[C@H](O[C@@H]2OC[C@H](O)[C@H](O)[C@H]2O)C(C)(C)[C@@H]5CC[C@H]4[C@]1(C)[C@H]3O. The van der Waals surface area contributed by atoms with Crippen LogP contribution in [0.3, 0.4) is 0 Å². The molecule has 3 saturated heterocycles. The fourth-order valence-electron chi connectivity index (χ4n) is 14.1. The highest BCUT2D eigenvalue weighted by atomic mass is 16.8. The van der Waals surface area contributed by atoms with Crippen LogP contribution in [0, 0.1) is 50.7 Å². The van der Waals surface area contributed by atoms with Gasteiger partial charge in [-0.1, -0.05) is 34.6 Å². The second-order valence-electron chi connectivity index (χ2n) is 18.4. The minimum Gasteiger partial charge on any atom is -0.388 e. The number of fused-ring (bicyclic) bond motifs is 4. The molecule has 8 aliphatic rings. The highest BCUT2D eigenvalue weighted by Gasteiger charge is 2.88. The molecular weight excluding hydrogens is 576 g/mol. The second-order valence-corrected chi connectivity index (χ2v) is 18.4. The minimum atomic E-state index is -1.28. The Morgan fingerprint density at radius 2 is 1.53 bits per heavy atom. The van der Waals surface area contributed by atoms with Crippen molar-refractivity contribution in [2.24, 2.45) is 50.7 Å². The molecule has 0 amide bonds. The van der Waals surface area contributed by atoms with Crippen LogP contribution in [0.2, 0.25) is 0 Å². The summed E-state index contributed by atoms with van der Waals surface area (Å²) in [6.07, 6.45) is 2.70. The van der Waals surface area contributed by atoms with Gasteiger partial charge in [-0.25, -0.2) is 0 Å². The van der Waals surface area contributed by atoms with E-state index in [0.29, 0.717) is 17.8 Å². The van der Waals surface area contributed by atoms with Crippen molar-refractivity contribution in [3.8, 4) is 0 Å². The van der Waals surface area contributed by atoms with E-state index in [-0.39, 0.29) is 57.9 Å². The molecule has 0 aromatic carbocycles. The molecule has 3 aliphatic heterocycles. The van der Waals surface area contributed by atoms with Crippen LogP contribution >= 0.6 is 0 Å². The van der Waals surface area contributed by atoms with Crippen molar-refractivity contribution in [1.29, 1.82) is 0 Å². The van der Waals surface area contributed by atoms with Crippen LogP contribution in [0.1, 0.15) is 99.8 Å². The van der Waals surface area contributed by atoms with E-state index in [4.69, 9.17) is 23.7 Å². The quantitative estimate of drug-likeness (QED) is 0.342. The van der Waals surface area contributed by atoms with Crippen molar-refractivity contribution in [3.63, 3.8) is 0 Å². The summed E-state index contributed by atoms with van der Waals surface area (Å²) < 4.78 is 32.1. The van der Waals surface area contributed by atoms with Crippen molar-refractivity contribution in [3.05, 3.63) is 0 Å². The Kier molecular flexibility index (Phi) is 6.69. The molecule has 2 bridgehead atoms. The van der Waals surface area contributed by atoms with Gasteiger partial charge in [0.15, 0.2) is 12.1 Å². The maximum atomic E-state index is 12.8. The largest absolute Gasteiger partial charge is 0.388 e. The van der Waals surface area contributed by atoms with Gasteiger partial charge in [0.05, 0.1) is 24.4 Å². The summed E-state index contributed by atoms with van der Waals surface area (Å²) in [5.74, 6) is 0.346. The lowest BCUT2D eigenvalue weighted by Gasteiger charge is -2.63. The molecule has 5 saturated carbocycles. The first-order chi connectivity index (χ1) is 21.0. The predicted molar refractivity (Wildman–Crippen MR) is 164 cm³/mol. The Hall–Kier alpha value is -0.360. The number of aliphatic hydroxyl groups excluding tert-OH is 4. The first kappa shape index (κ1) is 31.9. The number of ether oxygens (including phenoxy) is 5. The van der Waals surface area contributed by atoms with E-state index in [2.05, 4.69) is 48.5 Å². The molecular formula is C36H58O9. The average molecular weight is 635 g/mol. The Bertz CT molecular complexity index is 1220. The molecule has 256 valence electrons. The third-order valence-corrected chi connectivity index (χ3v) is 16.4. The topological polar surface area (TPSA) is 127 Å². The zero-order valence-electron chi connectivity index (χ0n) is 28.6. The van der Waals surface area contributed by atoms with Gasteiger partial charge in [-0.05, 0) is 105 Å². The molecule has 0 aromatic rings. The highest BCUT2D eigenvalue weighted by Crippen LogP contribution is 2.90. The van der Waals surface area contributed by atoms with E-state index in [0.717, 1.165) is 38.5 Å². The Labute approximate surface area is 268 Å². The summed E-state index contributed by atoms with van der Waals surface area (Å²) in [5.41, 5.74) is -0.717. The van der Waals surface area contributed by atoms with E-state index >= 15 is 0 Å². The van der Waals surface area contributed by atoms with Gasteiger partial charge in [0.25, 0.3) is 0 Å². The number of aliphatic hydroxyl groups is 4. The molecule has 4 N–H and O–H groups in total. The number of methoxy groups -OCH3 is 1. The summed E-state index contributed by atoms with van der Waals surface area (Å²) in [6.45, 7) is 16.0. The Morgan fingerprint density at radius 1 is 0.844 bits per heavy atom. The average Bonchev–Trinajstić information content (AvgIpc) is 3.50. The molecule has 9 nitrogen and oxygen atoms in total. The summed E-state index contributed by atoms with van der Waals surface area (Å²) >= 11 is 0. The van der Waals surface area contributed by atoms with Crippen molar-refractivity contribution in [1.82, 2.24) is 0 Å². The summed E-state index contributed by atoms with van der Waals surface area (Å²) in [6, 6.07) is 0. The van der Waals surface area contributed by atoms with Gasteiger partial charge in [0, 0.05) is 18.4 Å². The first-order valence-electron chi connectivity index (χ1n) is 17.9. The Balaban J connectivity index is 1.10. The monoisotopic (exact) mass is 634 g/mol. The fraction of sp³-hybridized carbons (Fsp3) is 1.00. The van der Waals surface area contributed by atoms with Crippen molar-refractivity contribution in [2.45, 2.75) is 160 Å². The van der Waals surface area contributed by atoms with Crippen molar-refractivity contribution in [2.75, 3.05) is 13.7 Å². The molecule has 3 spiro atoms. The van der Waals surface area contributed by atoms with Crippen LogP contribution in [0.4, 0.5) is 0 Å². The van der Waals surface area contributed by atoms with Crippen LogP contribution in [0.5, 0.6) is 0 Å². The zero-order valence-corrected chi connectivity index (χ0v) is 28.6. The highest BCUT2D eigenvalue weighted by molar-refractivity contribution is 5.34. The lowest BCUT2D eigenvalue weighted by atomic mass is 9.41. The third kappa shape index (κ3) is 3.57.